The van der Waals surface area contributed by atoms with Crippen LogP contribution in [0.25, 0.3) is 0 Å². The van der Waals surface area contributed by atoms with Crippen molar-refractivity contribution in [3.05, 3.63) is 35.9 Å². The van der Waals surface area contributed by atoms with Crippen molar-refractivity contribution in [1.29, 1.82) is 0 Å². The number of hydrogen-bond acceptors (Lipinski definition) is 1. The van der Waals surface area contributed by atoms with Crippen molar-refractivity contribution < 1.29 is 0 Å². The summed E-state index contributed by atoms with van der Waals surface area (Å²) in [6.07, 6.45) is 7.78. The van der Waals surface area contributed by atoms with Crippen LogP contribution in [-0.2, 0) is 0 Å². The van der Waals surface area contributed by atoms with Crippen LogP contribution in [0, 0.1) is 11.8 Å². The van der Waals surface area contributed by atoms with E-state index in [0.717, 1.165) is 17.8 Å². The molecule has 0 heterocycles. The van der Waals surface area contributed by atoms with Crippen LogP contribution in [0.3, 0.4) is 0 Å². The normalized spacial score (nSPS) is 27.7. The number of benzene rings is 1. The maximum Gasteiger partial charge on any atom is 0.00675 e. The maximum absolute atomic E-state index is 6.34. The van der Waals surface area contributed by atoms with Gasteiger partial charge in [0, 0.05) is 6.04 Å². The molecule has 0 radical (unpaired) electrons. The Hall–Kier alpha value is -0.820. The highest BCUT2D eigenvalue weighted by atomic mass is 14.7. The third-order valence-electron chi connectivity index (χ3n) is 4.67. The van der Waals surface area contributed by atoms with Crippen LogP contribution in [0.2, 0.25) is 0 Å². The minimum atomic E-state index is 0.437. The zero-order valence-electron chi connectivity index (χ0n) is 12.5. The van der Waals surface area contributed by atoms with E-state index in [1.165, 1.54) is 44.1 Å². The van der Waals surface area contributed by atoms with Gasteiger partial charge in [-0.05, 0) is 49.0 Å². The molecule has 2 N–H and O–H groups in total. The molecule has 1 fully saturated rings. The molecule has 2 rings (SSSR count). The molecule has 0 amide bonds. The van der Waals surface area contributed by atoms with Gasteiger partial charge >= 0.3 is 0 Å². The summed E-state index contributed by atoms with van der Waals surface area (Å²) in [5.41, 5.74) is 7.85. The van der Waals surface area contributed by atoms with Gasteiger partial charge in [-0.25, -0.2) is 0 Å². The predicted octanol–water partition coefficient (Wildman–Crippen LogP) is 4.72. The van der Waals surface area contributed by atoms with E-state index < -0.39 is 0 Å². The lowest BCUT2D eigenvalue weighted by Gasteiger charge is -2.34. The Bertz CT molecular complexity index is 357. The van der Waals surface area contributed by atoms with E-state index in [1.54, 1.807) is 0 Å². The third-order valence-corrected chi connectivity index (χ3v) is 4.67. The van der Waals surface area contributed by atoms with Crippen LogP contribution in [0.5, 0.6) is 0 Å². The van der Waals surface area contributed by atoms with Gasteiger partial charge in [-0.3, -0.25) is 0 Å². The molecule has 0 bridgehead atoms. The molecule has 0 aromatic heterocycles. The predicted molar refractivity (Wildman–Crippen MR) is 83.2 cm³/mol. The topological polar surface area (TPSA) is 26.0 Å². The summed E-state index contributed by atoms with van der Waals surface area (Å²) < 4.78 is 0. The first kappa shape index (κ1) is 14.6. The molecular weight excluding hydrogens is 230 g/mol. The van der Waals surface area contributed by atoms with Crippen molar-refractivity contribution >= 4 is 0 Å². The average Bonchev–Trinajstić information content (AvgIpc) is 2.41. The summed E-state index contributed by atoms with van der Waals surface area (Å²) in [6.45, 7) is 4.63. The molecule has 1 heteroatoms. The van der Waals surface area contributed by atoms with E-state index in [4.69, 9.17) is 5.73 Å². The van der Waals surface area contributed by atoms with Gasteiger partial charge in [0.05, 0.1) is 0 Å². The Morgan fingerprint density at radius 3 is 2.58 bits per heavy atom. The van der Waals surface area contributed by atoms with E-state index in [1.807, 2.05) is 0 Å². The van der Waals surface area contributed by atoms with Gasteiger partial charge < -0.3 is 5.73 Å². The Morgan fingerprint density at radius 1 is 1.16 bits per heavy atom. The molecule has 3 unspecified atom stereocenters. The lowest BCUT2D eigenvalue weighted by Crippen LogP contribution is -2.35. The van der Waals surface area contributed by atoms with Gasteiger partial charge in [-0.2, -0.15) is 0 Å². The van der Waals surface area contributed by atoms with Crippen molar-refractivity contribution in [2.45, 2.75) is 64.3 Å². The SMILES string of the molecule is CC(C)CCCC1CC(c2ccccc2)CCC1N. The molecule has 1 nitrogen and oxygen atoms in total. The molecule has 0 saturated heterocycles. The monoisotopic (exact) mass is 259 g/mol. The standard InChI is InChI=1S/C18H29N/c1-14(2)7-6-10-17-13-16(11-12-18(17)19)15-8-4-3-5-9-15/h3-5,8-9,14,16-18H,6-7,10-13,19H2,1-2H3. The minimum absolute atomic E-state index is 0.437. The molecule has 1 aromatic rings. The lowest BCUT2D eigenvalue weighted by molar-refractivity contribution is 0.256. The Balaban J connectivity index is 1.89. The van der Waals surface area contributed by atoms with Gasteiger partial charge in [-0.15, -0.1) is 0 Å². The molecule has 0 spiro atoms. The Morgan fingerprint density at radius 2 is 1.89 bits per heavy atom. The largest absolute Gasteiger partial charge is 0.327 e. The molecular formula is C18H29N. The highest BCUT2D eigenvalue weighted by Crippen LogP contribution is 2.37. The van der Waals surface area contributed by atoms with Crippen LogP contribution < -0.4 is 5.73 Å². The van der Waals surface area contributed by atoms with Crippen molar-refractivity contribution in [3.63, 3.8) is 0 Å². The lowest BCUT2D eigenvalue weighted by atomic mass is 9.73. The molecule has 106 valence electrons. The van der Waals surface area contributed by atoms with Gasteiger partial charge in [-0.1, -0.05) is 57.0 Å². The molecule has 1 aromatic carbocycles. The summed E-state index contributed by atoms with van der Waals surface area (Å²) in [5.74, 6) is 2.30. The summed E-state index contributed by atoms with van der Waals surface area (Å²) >= 11 is 0. The number of nitrogens with two attached hydrogens (primary N) is 1. The molecule has 1 saturated carbocycles. The van der Waals surface area contributed by atoms with Crippen molar-refractivity contribution in [2.24, 2.45) is 17.6 Å². The molecule has 19 heavy (non-hydrogen) atoms. The highest BCUT2D eigenvalue weighted by Gasteiger charge is 2.28. The number of hydrogen-bond donors (Lipinski definition) is 1. The maximum atomic E-state index is 6.34. The summed E-state index contributed by atoms with van der Waals surface area (Å²) in [7, 11) is 0. The van der Waals surface area contributed by atoms with Gasteiger partial charge in [0.2, 0.25) is 0 Å². The first-order chi connectivity index (χ1) is 9.16. The smallest absolute Gasteiger partial charge is 0.00675 e. The van der Waals surface area contributed by atoms with E-state index in [2.05, 4.69) is 44.2 Å². The van der Waals surface area contributed by atoms with Crippen LogP contribution in [-0.4, -0.2) is 6.04 Å². The van der Waals surface area contributed by atoms with Crippen LogP contribution in [0.4, 0.5) is 0 Å². The fourth-order valence-electron chi connectivity index (χ4n) is 3.44. The van der Waals surface area contributed by atoms with Crippen LogP contribution >= 0.6 is 0 Å². The Kier molecular flexibility index (Phi) is 5.45. The zero-order valence-corrected chi connectivity index (χ0v) is 12.5. The average molecular weight is 259 g/mol. The first-order valence-electron chi connectivity index (χ1n) is 7.97. The van der Waals surface area contributed by atoms with Crippen LogP contribution in [0.1, 0.15) is 63.9 Å². The van der Waals surface area contributed by atoms with Gasteiger partial charge in [0.1, 0.15) is 0 Å². The third kappa shape index (κ3) is 4.35. The fourth-order valence-corrected chi connectivity index (χ4v) is 3.44. The zero-order chi connectivity index (χ0) is 13.7. The number of rotatable bonds is 5. The second-order valence-corrected chi connectivity index (χ2v) is 6.67. The molecule has 0 aliphatic heterocycles. The summed E-state index contributed by atoms with van der Waals surface area (Å²) in [6, 6.07) is 11.4. The minimum Gasteiger partial charge on any atom is -0.327 e. The van der Waals surface area contributed by atoms with Crippen molar-refractivity contribution in [1.82, 2.24) is 0 Å². The first-order valence-corrected chi connectivity index (χ1v) is 7.97. The fraction of sp³-hybridized carbons (Fsp3) is 0.667. The molecule has 1 aliphatic carbocycles. The van der Waals surface area contributed by atoms with E-state index in [0.29, 0.717) is 6.04 Å². The van der Waals surface area contributed by atoms with Gasteiger partial charge in [0.25, 0.3) is 0 Å². The summed E-state index contributed by atoms with van der Waals surface area (Å²) in [4.78, 5) is 0. The van der Waals surface area contributed by atoms with Gasteiger partial charge in [0.15, 0.2) is 0 Å². The Labute approximate surface area is 118 Å². The highest BCUT2D eigenvalue weighted by molar-refractivity contribution is 5.20. The quantitative estimate of drug-likeness (QED) is 0.813. The van der Waals surface area contributed by atoms with Crippen molar-refractivity contribution in [2.75, 3.05) is 0 Å². The van der Waals surface area contributed by atoms with Crippen LogP contribution in [0.15, 0.2) is 30.3 Å². The second kappa shape index (κ2) is 7.09. The molecule has 1 aliphatic rings. The molecule has 3 atom stereocenters. The van der Waals surface area contributed by atoms with E-state index in [-0.39, 0.29) is 0 Å². The van der Waals surface area contributed by atoms with E-state index >= 15 is 0 Å². The summed E-state index contributed by atoms with van der Waals surface area (Å²) in [5, 5.41) is 0. The van der Waals surface area contributed by atoms with Crippen molar-refractivity contribution in [3.8, 4) is 0 Å². The second-order valence-electron chi connectivity index (χ2n) is 6.67. The van der Waals surface area contributed by atoms with E-state index in [9.17, 15) is 0 Å².